The van der Waals surface area contributed by atoms with Gasteiger partial charge in [0.15, 0.2) is 0 Å². The van der Waals surface area contributed by atoms with Crippen molar-refractivity contribution in [3.8, 4) is 0 Å². The van der Waals surface area contributed by atoms with Crippen molar-refractivity contribution in [1.82, 2.24) is 10.2 Å². The minimum absolute atomic E-state index is 0.209. The minimum atomic E-state index is -0.388. The molecule has 0 bridgehead atoms. The molecule has 2 amide bonds. The highest BCUT2D eigenvalue weighted by molar-refractivity contribution is 7.10. The van der Waals surface area contributed by atoms with E-state index in [1.54, 1.807) is 10.3 Å². The average molecular weight is 267 g/mol. The quantitative estimate of drug-likeness (QED) is 0.837. The molecule has 3 N–H and O–H groups in total. The molecule has 1 aromatic heterocycles. The van der Waals surface area contributed by atoms with E-state index in [2.05, 4.69) is 5.32 Å². The van der Waals surface area contributed by atoms with Gasteiger partial charge in [0.1, 0.15) is 0 Å². The van der Waals surface area contributed by atoms with Crippen LogP contribution < -0.4 is 11.1 Å². The fourth-order valence-corrected chi connectivity index (χ4v) is 2.85. The molecule has 1 atom stereocenters. The van der Waals surface area contributed by atoms with E-state index in [0.29, 0.717) is 24.6 Å². The topological polar surface area (TPSA) is 75.4 Å². The Labute approximate surface area is 110 Å². The molecular weight excluding hydrogens is 250 g/mol. The second-order valence-electron chi connectivity index (χ2n) is 4.56. The molecule has 1 aromatic rings. The van der Waals surface area contributed by atoms with Crippen molar-refractivity contribution in [3.63, 3.8) is 0 Å². The first-order valence-electron chi connectivity index (χ1n) is 5.91. The van der Waals surface area contributed by atoms with Crippen LogP contribution in [0, 0.1) is 0 Å². The van der Waals surface area contributed by atoms with Crippen LogP contribution in [0.4, 0.5) is 0 Å². The predicted molar refractivity (Wildman–Crippen MR) is 70.3 cm³/mol. The Bertz CT molecular complexity index is 458. The lowest BCUT2D eigenvalue weighted by Gasteiger charge is -2.30. The number of likely N-dealkylation sites (tertiary alicyclic amines) is 1. The lowest BCUT2D eigenvalue weighted by molar-refractivity contribution is -0.132. The average Bonchev–Trinajstić information content (AvgIpc) is 2.79. The van der Waals surface area contributed by atoms with Crippen LogP contribution in [0.1, 0.15) is 28.1 Å². The maximum absolute atomic E-state index is 11.3. The summed E-state index contributed by atoms with van der Waals surface area (Å²) in [5, 5.41) is 5.18. The van der Waals surface area contributed by atoms with Crippen molar-refractivity contribution in [2.45, 2.75) is 25.4 Å². The molecular formula is C12H17N3O2S. The van der Waals surface area contributed by atoms with E-state index in [-0.39, 0.29) is 11.8 Å². The zero-order valence-corrected chi connectivity index (χ0v) is 11.1. The van der Waals surface area contributed by atoms with Gasteiger partial charge in [-0.05, 0) is 12.5 Å². The third kappa shape index (κ3) is 3.08. The van der Waals surface area contributed by atoms with Gasteiger partial charge in [-0.3, -0.25) is 9.59 Å². The fraction of sp³-hybridized carbons (Fsp3) is 0.500. The molecule has 0 aromatic carbocycles. The standard InChI is InChI=1S/C12H17N3O2S/c1-15-6-9(2-3-11(15)16)14-5-10-4-8(7-18-10)12(13)17/h4,7,9,14H,2-3,5-6H2,1H3,(H2,13,17). The third-order valence-corrected chi connectivity index (χ3v) is 4.07. The van der Waals surface area contributed by atoms with Gasteiger partial charge >= 0.3 is 0 Å². The molecule has 5 nitrogen and oxygen atoms in total. The number of nitrogens with zero attached hydrogens (tertiary/aromatic N) is 1. The van der Waals surface area contributed by atoms with Crippen molar-refractivity contribution in [2.24, 2.45) is 5.73 Å². The van der Waals surface area contributed by atoms with Crippen molar-refractivity contribution < 1.29 is 9.59 Å². The summed E-state index contributed by atoms with van der Waals surface area (Å²) in [5.41, 5.74) is 5.77. The number of rotatable bonds is 4. The van der Waals surface area contributed by atoms with Gasteiger partial charge in [0, 0.05) is 42.9 Å². The molecule has 0 aliphatic carbocycles. The molecule has 0 spiro atoms. The number of piperidine rings is 1. The van der Waals surface area contributed by atoms with Crippen LogP contribution in [0.25, 0.3) is 0 Å². The monoisotopic (exact) mass is 267 g/mol. The van der Waals surface area contributed by atoms with E-state index in [1.807, 2.05) is 13.1 Å². The zero-order valence-electron chi connectivity index (χ0n) is 10.3. The summed E-state index contributed by atoms with van der Waals surface area (Å²) in [7, 11) is 1.83. The first-order chi connectivity index (χ1) is 8.56. The van der Waals surface area contributed by atoms with Gasteiger partial charge < -0.3 is 16.0 Å². The normalized spacial score (nSPS) is 20.2. The van der Waals surface area contributed by atoms with Crippen molar-refractivity contribution in [2.75, 3.05) is 13.6 Å². The summed E-state index contributed by atoms with van der Waals surface area (Å²) >= 11 is 1.52. The van der Waals surface area contributed by atoms with E-state index in [0.717, 1.165) is 17.8 Å². The number of nitrogens with two attached hydrogens (primary N) is 1. The predicted octanol–water partition coefficient (Wildman–Crippen LogP) is 0.557. The molecule has 6 heteroatoms. The number of nitrogens with one attached hydrogen (secondary N) is 1. The van der Waals surface area contributed by atoms with Gasteiger partial charge in [0.2, 0.25) is 11.8 Å². The van der Waals surface area contributed by atoms with E-state index in [1.165, 1.54) is 11.3 Å². The number of primary amides is 1. The lowest BCUT2D eigenvalue weighted by Crippen LogP contribution is -2.46. The minimum Gasteiger partial charge on any atom is -0.366 e. The van der Waals surface area contributed by atoms with E-state index in [9.17, 15) is 9.59 Å². The first-order valence-corrected chi connectivity index (χ1v) is 6.79. The largest absolute Gasteiger partial charge is 0.366 e. The Morgan fingerprint density at radius 1 is 1.67 bits per heavy atom. The van der Waals surface area contributed by atoms with Crippen LogP contribution in [0.15, 0.2) is 11.4 Å². The van der Waals surface area contributed by atoms with Crippen molar-refractivity contribution in [3.05, 3.63) is 21.9 Å². The van der Waals surface area contributed by atoms with Crippen LogP contribution >= 0.6 is 11.3 Å². The SMILES string of the molecule is CN1CC(NCc2cc(C(N)=O)cs2)CCC1=O. The van der Waals surface area contributed by atoms with E-state index < -0.39 is 0 Å². The van der Waals surface area contributed by atoms with E-state index >= 15 is 0 Å². The first kappa shape index (κ1) is 13.0. The van der Waals surface area contributed by atoms with Crippen LogP contribution in [0.2, 0.25) is 0 Å². The van der Waals surface area contributed by atoms with Crippen molar-refractivity contribution >= 4 is 23.2 Å². The van der Waals surface area contributed by atoms with Gasteiger partial charge in [0.05, 0.1) is 5.56 Å². The number of hydrogen-bond acceptors (Lipinski definition) is 4. The number of thiophene rings is 1. The number of hydrogen-bond donors (Lipinski definition) is 2. The summed E-state index contributed by atoms with van der Waals surface area (Å²) in [5.74, 6) is -0.180. The summed E-state index contributed by atoms with van der Waals surface area (Å²) in [4.78, 5) is 25.1. The fourth-order valence-electron chi connectivity index (χ4n) is 2.03. The maximum Gasteiger partial charge on any atom is 0.249 e. The zero-order chi connectivity index (χ0) is 13.1. The molecule has 0 radical (unpaired) electrons. The Morgan fingerprint density at radius 3 is 3.06 bits per heavy atom. The second kappa shape index (κ2) is 5.49. The Hall–Kier alpha value is -1.40. The molecule has 1 aliphatic rings. The van der Waals surface area contributed by atoms with Gasteiger partial charge in [-0.1, -0.05) is 0 Å². The van der Waals surface area contributed by atoms with Gasteiger partial charge in [-0.15, -0.1) is 11.3 Å². The van der Waals surface area contributed by atoms with Crippen LogP contribution in [0.3, 0.4) is 0 Å². The molecule has 0 saturated carbocycles. The van der Waals surface area contributed by atoms with Gasteiger partial charge in [0.25, 0.3) is 0 Å². The summed E-state index contributed by atoms with van der Waals surface area (Å²) in [6, 6.07) is 2.14. The van der Waals surface area contributed by atoms with Crippen LogP contribution in [-0.2, 0) is 11.3 Å². The molecule has 1 unspecified atom stereocenters. The highest BCUT2D eigenvalue weighted by Crippen LogP contribution is 2.15. The third-order valence-electron chi connectivity index (χ3n) is 3.13. The highest BCUT2D eigenvalue weighted by Gasteiger charge is 2.22. The summed E-state index contributed by atoms with van der Waals surface area (Å²) in [6.07, 6.45) is 1.47. The summed E-state index contributed by atoms with van der Waals surface area (Å²) in [6.45, 7) is 1.46. The Kier molecular flexibility index (Phi) is 3.98. The molecule has 18 heavy (non-hydrogen) atoms. The molecule has 2 rings (SSSR count). The van der Waals surface area contributed by atoms with Crippen molar-refractivity contribution in [1.29, 1.82) is 0 Å². The van der Waals surface area contributed by atoms with Gasteiger partial charge in [-0.2, -0.15) is 0 Å². The second-order valence-corrected chi connectivity index (χ2v) is 5.55. The Morgan fingerprint density at radius 2 is 2.44 bits per heavy atom. The van der Waals surface area contributed by atoms with Crippen LogP contribution in [0.5, 0.6) is 0 Å². The summed E-state index contributed by atoms with van der Waals surface area (Å²) < 4.78 is 0. The smallest absolute Gasteiger partial charge is 0.249 e. The molecule has 1 saturated heterocycles. The number of likely N-dealkylation sites (N-methyl/N-ethyl adjacent to an activating group) is 1. The number of carbonyl (C=O) groups is 2. The lowest BCUT2D eigenvalue weighted by atomic mass is 10.1. The molecule has 2 heterocycles. The highest BCUT2D eigenvalue weighted by atomic mass is 32.1. The van der Waals surface area contributed by atoms with Gasteiger partial charge in [-0.25, -0.2) is 0 Å². The maximum atomic E-state index is 11.3. The number of carbonyl (C=O) groups excluding carboxylic acids is 2. The van der Waals surface area contributed by atoms with E-state index in [4.69, 9.17) is 5.73 Å². The Balaban J connectivity index is 1.84. The van der Waals surface area contributed by atoms with Crippen LogP contribution in [-0.4, -0.2) is 36.3 Å². The molecule has 1 fully saturated rings. The molecule has 1 aliphatic heterocycles. The molecule has 98 valence electrons. The number of amides is 2.